The maximum absolute atomic E-state index is 14.0. The molecule has 1 aliphatic heterocycles. The summed E-state index contributed by atoms with van der Waals surface area (Å²) < 4.78 is 20.7. The van der Waals surface area contributed by atoms with Gasteiger partial charge in [-0.1, -0.05) is 38.8 Å². The van der Waals surface area contributed by atoms with Crippen molar-refractivity contribution in [3.8, 4) is 0 Å². The van der Waals surface area contributed by atoms with E-state index in [9.17, 15) is 19.1 Å². The van der Waals surface area contributed by atoms with Gasteiger partial charge in [-0.25, -0.2) is 9.18 Å². The lowest BCUT2D eigenvalue weighted by atomic mass is 9.76. The Morgan fingerprint density at radius 2 is 2.13 bits per heavy atom. The molecule has 0 saturated heterocycles. The lowest BCUT2D eigenvalue weighted by Gasteiger charge is -2.31. The molecular formula is C24H32FNO4. The van der Waals surface area contributed by atoms with Crippen LogP contribution in [0.25, 0.3) is 0 Å². The van der Waals surface area contributed by atoms with Gasteiger partial charge >= 0.3 is 5.97 Å². The molecule has 30 heavy (non-hydrogen) atoms. The van der Waals surface area contributed by atoms with E-state index >= 15 is 0 Å². The van der Waals surface area contributed by atoms with E-state index in [1.165, 1.54) is 12.2 Å². The molecule has 5 nitrogen and oxygen atoms in total. The average molecular weight is 418 g/mol. The monoisotopic (exact) mass is 417 g/mol. The van der Waals surface area contributed by atoms with Gasteiger partial charge in [0.2, 0.25) is 0 Å². The first-order valence-corrected chi connectivity index (χ1v) is 10.9. The molecule has 4 atom stereocenters. The third-order valence-electron chi connectivity index (χ3n) is 6.61. The van der Waals surface area contributed by atoms with Crippen molar-refractivity contribution in [3.05, 3.63) is 57.8 Å². The lowest BCUT2D eigenvalue weighted by molar-refractivity contribution is -0.157. The number of allylic oxidation sites excluding steroid dienone is 3. The number of cyclic esters (lactones) is 1. The highest BCUT2D eigenvalue weighted by Crippen LogP contribution is 2.36. The third-order valence-corrected chi connectivity index (χ3v) is 6.61. The van der Waals surface area contributed by atoms with Crippen molar-refractivity contribution in [1.29, 1.82) is 0 Å². The number of esters is 1. The van der Waals surface area contributed by atoms with Crippen LogP contribution in [-0.4, -0.2) is 15.6 Å². The zero-order valence-electron chi connectivity index (χ0n) is 17.9. The summed E-state index contributed by atoms with van der Waals surface area (Å²) >= 11 is 0. The molecular weight excluding hydrogens is 385 g/mol. The molecule has 3 rings (SSSR count). The molecule has 1 aliphatic carbocycles. The molecule has 0 amide bonds. The molecule has 2 aliphatic rings. The van der Waals surface area contributed by atoms with Crippen molar-refractivity contribution in [3.63, 3.8) is 0 Å². The van der Waals surface area contributed by atoms with Crippen LogP contribution in [-0.2, 0) is 22.7 Å². The number of ether oxygens (including phenoxy) is 1. The largest absolute Gasteiger partial charge is 0.458 e. The maximum atomic E-state index is 14.0. The van der Waals surface area contributed by atoms with Gasteiger partial charge in [-0.05, 0) is 50.2 Å². The number of hydrogen-bond acceptors (Lipinski definition) is 4. The van der Waals surface area contributed by atoms with Crippen molar-refractivity contribution >= 4 is 5.97 Å². The maximum Gasteiger partial charge on any atom is 0.340 e. The van der Waals surface area contributed by atoms with E-state index in [-0.39, 0.29) is 23.9 Å². The van der Waals surface area contributed by atoms with Crippen LogP contribution in [0.15, 0.2) is 35.4 Å². The molecule has 1 aromatic heterocycles. The van der Waals surface area contributed by atoms with Gasteiger partial charge in [-0.2, -0.15) is 0 Å². The minimum absolute atomic E-state index is 0.0858. The van der Waals surface area contributed by atoms with Crippen LogP contribution in [0.3, 0.4) is 0 Å². The number of aliphatic hydroxyl groups excluding tert-OH is 1. The van der Waals surface area contributed by atoms with Gasteiger partial charge in [0.05, 0.1) is 5.56 Å². The Bertz CT molecular complexity index is 888. The Balaban J connectivity index is 1.64. The smallest absolute Gasteiger partial charge is 0.340 e. The highest BCUT2D eigenvalue weighted by atomic mass is 19.1. The van der Waals surface area contributed by atoms with E-state index in [4.69, 9.17) is 4.74 Å². The number of nitrogens with zero attached hydrogens (tertiary/aromatic N) is 1. The molecule has 2 heterocycles. The van der Waals surface area contributed by atoms with Crippen molar-refractivity contribution in [2.75, 3.05) is 0 Å². The standard InChI is InChI=1S/C24H32FNO4/c1-4-6-21(25)15(2)11-18-8-5-7-17(13-18)9-10-26-16(3)12-19-20(23(26)28)14-30-24(29)22(19)27/h4,6,12,15,17-18,22,27H,1,5,7-11,13-14H2,2-3H3/b21-6+. The predicted molar refractivity (Wildman–Crippen MR) is 113 cm³/mol. The second-order valence-corrected chi connectivity index (χ2v) is 8.80. The van der Waals surface area contributed by atoms with E-state index in [1.807, 2.05) is 13.8 Å². The van der Waals surface area contributed by atoms with Crippen molar-refractivity contribution in [2.45, 2.75) is 71.6 Å². The highest BCUT2D eigenvalue weighted by molar-refractivity contribution is 5.78. The quantitative estimate of drug-likeness (QED) is 0.524. The van der Waals surface area contributed by atoms with Crippen molar-refractivity contribution in [2.24, 2.45) is 17.8 Å². The first kappa shape index (κ1) is 22.5. The zero-order valence-corrected chi connectivity index (χ0v) is 17.9. The summed E-state index contributed by atoms with van der Waals surface area (Å²) in [5.74, 6) is 0.102. The molecule has 1 aromatic rings. The summed E-state index contributed by atoms with van der Waals surface area (Å²) in [7, 11) is 0. The van der Waals surface area contributed by atoms with Gasteiger partial charge in [0.25, 0.3) is 5.56 Å². The van der Waals surface area contributed by atoms with Crippen molar-refractivity contribution in [1.82, 2.24) is 4.57 Å². The Hall–Kier alpha value is -2.21. The molecule has 0 radical (unpaired) electrons. The van der Waals surface area contributed by atoms with Crippen LogP contribution in [0.1, 0.15) is 68.4 Å². The molecule has 4 unspecified atom stereocenters. The second kappa shape index (κ2) is 9.73. The first-order chi connectivity index (χ1) is 14.3. The van der Waals surface area contributed by atoms with E-state index in [0.717, 1.165) is 44.2 Å². The van der Waals surface area contributed by atoms with Crippen LogP contribution in [0, 0.1) is 24.7 Å². The van der Waals surface area contributed by atoms with E-state index in [0.29, 0.717) is 29.5 Å². The summed E-state index contributed by atoms with van der Waals surface area (Å²) in [5.41, 5.74) is 1.29. The van der Waals surface area contributed by atoms with Crippen LogP contribution >= 0.6 is 0 Å². The highest BCUT2D eigenvalue weighted by Gasteiger charge is 2.31. The van der Waals surface area contributed by atoms with Gasteiger partial charge < -0.3 is 14.4 Å². The number of aryl methyl sites for hydroxylation is 1. The van der Waals surface area contributed by atoms with Gasteiger partial charge in [-0.15, -0.1) is 0 Å². The molecule has 0 aromatic carbocycles. The fourth-order valence-electron chi connectivity index (χ4n) is 4.93. The average Bonchev–Trinajstić information content (AvgIpc) is 2.71. The number of hydrogen-bond donors (Lipinski definition) is 1. The Morgan fingerprint density at radius 3 is 2.87 bits per heavy atom. The number of fused-ring (bicyclic) bond motifs is 1. The number of carbonyl (C=O) groups excluding carboxylic acids is 1. The lowest BCUT2D eigenvalue weighted by Crippen LogP contribution is -2.34. The molecule has 1 saturated carbocycles. The van der Waals surface area contributed by atoms with E-state index < -0.39 is 12.1 Å². The van der Waals surface area contributed by atoms with Gasteiger partial charge in [0.1, 0.15) is 12.4 Å². The molecule has 164 valence electrons. The van der Waals surface area contributed by atoms with Crippen molar-refractivity contribution < 1.29 is 19.0 Å². The molecule has 1 N–H and O–H groups in total. The minimum atomic E-state index is -1.38. The summed E-state index contributed by atoms with van der Waals surface area (Å²) in [5, 5.41) is 10.0. The topological polar surface area (TPSA) is 68.5 Å². The van der Waals surface area contributed by atoms with Gasteiger partial charge in [-0.3, -0.25) is 4.79 Å². The summed E-state index contributed by atoms with van der Waals surface area (Å²) in [6.07, 6.45) is 7.74. The molecule has 0 bridgehead atoms. The molecule has 6 heteroatoms. The number of carbonyl (C=O) groups is 1. The van der Waals surface area contributed by atoms with E-state index in [2.05, 4.69) is 6.58 Å². The fourth-order valence-corrected chi connectivity index (χ4v) is 4.93. The summed E-state index contributed by atoms with van der Waals surface area (Å²) in [4.78, 5) is 24.5. The number of rotatable bonds is 7. The number of pyridine rings is 1. The van der Waals surface area contributed by atoms with Crippen LogP contribution in [0.4, 0.5) is 4.39 Å². The summed E-state index contributed by atoms with van der Waals surface area (Å²) in [6.45, 7) is 7.83. The number of aliphatic hydroxyl groups is 1. The Morgan fingerprint density at radius 1 is 1.40 bits per heavy atom. The van der Waals surface area contributed by atoms with Gasteiger partial charge in [0, 0.05) is 23.7 Å². The molecule has 0 spiro atoms. The first-order valence-electron chi connectivity index (χ1n) is 10.9. The SMILES string of the molecule is C=C/C=C(/F)C(C)CC1CCCC(CCn2c(C)cc3c(c2=O)COC(=O)C3O)C1. The third kappa shape index (κ3) is 4.91. The normalized spacial score (nSPS) is 25.4. The van der Waals surface area contributed by atoms with Crippen LogP contribution in [0.5, 0.6) is 0 Å². The predicted octanol–water partition coefficient (Wildman–Crippen LogP) is 4.51. The Labute approximate surface area is 177 Å². The number of aromatic nitrogens is 1. The zero-order chi connectivity index (χ0) is 21.8. The minimum Gasteiger partial charge on any atom is -0.458 e. The van der Waals surface area contributed by atoms with Gasteiger partial charge in [0.15, 0.2) is 6.10 Å². The second-order valence-electron chi connectivity index (χ2n) is 8.80. The number of halogens is 1. The van der Waals surface area contributed by atoms with Crippen LogP contribution in [0.2, 0.25) is 0 Å². The van der Waals surface area contributed by atoms with E-state index in [1.54, 1.807) is 10.6 Å². The fraction of sp³-hybridized carbons (Fsp3) is 0.583. The molecule has 1 fully saturated rings. The summed E-state index contributed by atoms with van der Waals surface area (Å²) in [6, 6.07) is 1.72. The Kier molecular flexibility index (Phi) is 7.29. The van der Waals surface area contributed by atoms with Crippen LogP contribution < -0.4 is 5.56 Å².